The molecule has 0 aliphatic rings. The standard InChI is InChI=1S/C12H12ClN3O2S/c13-11-6-10(3-4-12(11)14)19(17,18)16-8-9-2-1-5-15-7-9/h1-7,16H,8,14H2. The quantitative estimate of drug-likeness (QED) is 0.843. The molecular formula is C12H12ClN3O2S. The van der Waals surface area contributed by atoms with Crippen LogP contribution in [0.4, 0.5) is 5.69 Å². The Morgan fingerprint density at radius 2 is 2.11 bits per heavy atom. The molecule has 0 spiro atoms. The van der Waals surface area contributed by atoms with Crippen molar-refractivity contribution in [1.82, 2.24) is 9.71 Å². The number of hydrogen-bond acceptors (Lipinski definition) is 4. The first kappa shape index (κ1) is 13.8. The highest BCUT2D eigenvalue weighted by molar-refractivity contribution is 7.89. The molecule has 0 fully saturated rings. The molecule has 2 rings (SSSR count). The van der Waals surface area contributed by atoms with Crippen LogP contribution in [0.2, 0.25) is 5.02 Å². The van der Waals surface area contributed by atoms with Crippen LogP contribution in [0, 0.1) is 0 Å². The van der Waals surface area contributed by atoms with Gasteiger partial charge in [-0.2, -0.15) is 0 Å². The zero-order valence-corrected chi connectivity index (χ0v) is 11.4. The number of sulfonamides is 1. The SMILES string of the molecule is Nc1ccc(S(=O)(=O)NCc2cccnc2)cc1Cl. The molecule has 0 atom stereocenters. The third-order valence-electron chi connectivity index (χ3n) is 2.47. The predicted octanol–water partition coefficient (Wildman–Crippen LogP) is 1.80. The van der Waals surface area contributed by atoms with E-state index in [0.29, 0.717) is 5.69 Å². The highest BCUT2D eigenvalue weighted by Crippen LogP contribution is 2.22. The molecule has 0 unspecified atom stereocenters. The molecule has 5 nitrogen and oxygen atoms in total. The topological polar surface area (TPSA) is 85.1 Å². The van der Waals surface area contributed by atoms with Crippen molar-refractivity contribution in [3.8, 4) is 0 Å². The normalized spacial score (nSPS) is 11.4. The molecule has 1 aromatic carbocycles. The van der Waals surface area contributed by atoms with Crippen molar-refractivity contribution >= 4 is 27.3 Å². The summed E-state index contributed by atoms with van der Waals surface area (Å²) < 4.78 is 26.5. The Hall–Kier alpha value is -1.63. The summed E-state index contributed by atoms with van der Waals surface area (Å²) in [5, 5.41) is 0.212. The number of nitrogens with zero attached hydrogens (tertiary/aromatic N) is 1. The molecule has 1 aromatic heterocycles. The van der Waals surface area contributed by atoms with Gasteiger partial charge in [-0.3, -0.25) is 4.98 Å². The van der Waals surface area contributed by atoms with Gasteiger partial charge in [0.1, 0.15) is 0 Å². The molecule has 2 aromatic rings. The van der Waals surface area contributed by atoms with Gasteiger partial charge in [0.05, 0.1) is 15.6 Å². The second-order valence-corrected chi connectivity index (χ2v) is 6.04. The number of nitrogen functional groups attached to an aromatic ring is 1. The minimum Gasteiger partial charge on any atom is -0.398 e. The number of rotatable bonds is 4. The lowest BCUT2D eigenvalue weighted by atomic mass is 10.3. The molecule has 0 radical (unpaired) electrons. The Morgan fingerprint density at radius 3 is 2.74 bits per heavy atom. The Labute approximate surface area is 116 Å². The maximum Gasteiger partial charge on any atom is 0.240 e. The molecule has 0 aliphatic carbocycles. The van der Waals surface area contributed by atoms with Crippen LogP contribution in [0.3, 0.4) is 0 Å². The lowest BCUT2D eigenvalue weighted by Gasteiger charge is -2.07. The van der Waals surface area contributed by atoms with E-state index in [1.165, 1.54) is 18.2 Å². The van der Waals surface area contributed by atoms with Crippen molar-refractivity contribution in [3.05, 3.63) is 53.3 Å². The smallest absolute Gasteiger partial charge is 0.240 e. The van der Waals surface area contributed by atoms with Gasteiger partial charge in [0, 0.05) is 18.9 Å². The zero-order valence-electron chi connectivity index (χ0n) is 9.88. The van der Waals surface area contributed by atoms with Gasteiger partial charge in [0.2, 0.25) is 10.0 Å². The summed E-state index contributed by atoms with van der Waals surface area (Å²) in [6, 6.07) is 7.71. The Bertz CT molecular complexity index is 675. The van der Waals surface area contributed by atoms with Crippen LogP contribution in [-0.2, 0) is 16.6 Å². The van der Waals surface area contributed by atoms with Crippen molar-refractivity contribution < 1.29 is 8.42 Å². The summed E-state index contributed by atoms with van der Waals surface area (Å²) in [5.41, 5.74) is 6.65. The van der Waals surface area contributed by atoms with E-state index in [4.69, 9.17) is 17.3 Å². The number of pyridine rings is 1. The molecule has 19 heavy (non-hydrogen) atoms. The minimum absolute atomic E-state index is 0.0793. The molecule has 1 heterocycles. The zero-order chi connectivity index (χ0) is 13.9. The third kappa shape index (κ3) is 3.44. The fourth-order valence-electron chi connectivity index (χ4n) is 1.44. The first-order valence-electron chi connectivity index (χ1n) is 5.42. The first-order chi connectivity index (χ1) is 8.99. The van der Waals surface area contributed by atoms with E-state index in [2.05, 4.69) is 9.71 Å². The lowest BCUT2D eigenvalue weighted by molar-refractivity contribution is 0.581. The summed E-state index contributed by atoms with van der Waals surface area (Å²) in [7, 11) is -3.62. The Kier molecular flexibility index (Phi) is 4.04. The number of nitrogens with two attached hydrogens (primary N) is 1. The number of anilines is 1. The summed E-state index contributed by atoms with van der Waals surface area (Å²) in [6.07, 6.45) is 3.22. The fraction of sp³-hybridized carbons (Fsp3) is 0.0833. The number of benzene rings is 1. The molecule has 0 aliphatic heterocycles. The van der Waals surface area contributed by atoms with Crippen LogP contribution >= 0.6 is 11.6 Å². The average molecular weight is 298 g/mol. The maximum atomic E-state index is 12.0. The molecule has 0 saturated carbocycles. The minimum atomic E-state index is -3.62. The van der Waals surface area contributed by atoms with Gasteiger partial charge >= 0.3 is 0 Å². The van der Waals surface area contributed by atoms with Gasteiger partial charge in [-0.15, -0.1) is 0 Å². The van der Waals surface area contributed by atoms with E-state index < -0.39 is 10.0 Å². The van der Waals surface area contributed by atoms with Gasteiger partial charge in [0.15, 0.2) is 0 Å². The van der Waals surface area contributed by atoms with Crippen LogP contribution in [-0.4, -0.2) is 13.4 Å². The van der Waals surface area contributed by atoms with Crippen LogP contribution in [0.1, 0.15) is 5.56 Å². The number of halogens is 1. The molecule has 0 amide bonds. The van der Waals surface area contributed by atoms with Crippen molar-refractivity contribution in [3.63, 3.8) is 0 Å². The van der Waals surface area contributed by atoms with Crippen LogP contribution < -0.4 is 10.5 Å². The molecule has 100 valence electrons. The average Bonchev–Trinajstić information content (AvgIpc) is 2.41. The van der Waals surface area contributed by atoms with Crippen molar-refractivity contribution in [2.75, 3.05) is 5.73 Å². The van der Waals surface area contributed by atoms with Crippen molar-refractivity contribution in [1.29, 1.82) is 0 Å². The Balaban J connectivity index is 2.16. The van der Waals surface area contributed by atoms with E-state index in [9.17, 15) is 8.42 Å². The van der Waals surface area contributed by atoms with E-state index in [-0.39, 0.29) is 16.5 Å². The number of aromatic nitrogens is 1. The number of nitrogens with one attached hydrogen (secondary N) is 1. The first-order valence-corrected chi connectivity index (χ1v) is 7.29. The van der Waals surface area contributed by atoms with Crippen LogP contribution in [0.5, 0.6) is 0 Å². The monoisotopic (exact) mass is 297 g/mol. The van der Waals surface area contributed by atoms with E-state index in [0.717, 1.165) is 5.56 Å². The molecule has 0 bridgehead atoms. The van der Waals surface area contributed by atoms with Gasteiger partial charge < -0.3 is 5.73 Å². The highest BCUT2D eigenvalue weighted by Gasteiger charge is 2.14. The van der Waals surface area contributed by atoms with Gasteiger partial charge in [0.25, 0.3) is 0 Å². The van der Waals surface area contributed by atoms with Crippen LogP contribution in [0.15, 0.2) is 47.6 Å². The maximum absolute atomic E-state index is 12.0. The van der Waals surface area contributed by atoms with Gasteiger partial charge in [-0.25, -0.2) is 13.1 Å². The molecule has 3 N–H and O–H groups in total. The summed E-state index contributed by atoms with van der Waals surface area (Å²) >= 11 is 5.81. The second-order valence-electron chi connectivity index (χ2n) is 3.87. The molecular weight excluding hydrogens is 286 g/mol. The van der Waals surface area contributed by atoms with E-state index in [1.54, 1.807) is 24.5 Å². The second kappa shape index (κ2) is 5.56. The third-order valence-corrected chi connectivity index (χ3v) is 4.20. The van der Waals surface area contributed by atoms with Gasteiger partial charge in [-0.05, 0) is 29.8 Å². The largest absolute Gasteiger partial charge is 0.398 e. The predicted molar refractivity (Wildman–Crippen MR) is 74.1 cm³/mol. The summed E-state index contributed by atoms with van der Waals surface area (Å²) in [5.74, 6) is 0. The van der Waals surface area contributed by atoms with E-state index in [1.807, 2.05) is 0 Å². The summed E-state index contributed by atoms with van der Waals surface area (Å²) in [4.78, 5) is 3.99. The van der Waals surface area contributed by atoms with Gasteiger partial charge in [-0.1, -0.05) is 17.7 Å². The lowest BCUT2D eigenvalue weighted by Crippen LogP contribution is -2.23. The highest BCUT2D eigenvalue weighted by atomic mass is 35.5. The number of hydrogen-bond donors (Lipinski definition) is 2. The fourth-order valence-corrected chi connectivity index (χ4v) is 2.73. The summed E-state index contributed by atoms with van der Waals surface area (Å²) in [6.45, 7) is 0.165. The van der Waals surface area contributed by atoms with Crippen molar-refractivity contribution in [2.24, 2.45) is 0 Å². The Morgan fingerprint density at radius 1 is 1.32 bits per heavy atom. The molecule has 0 saturated heterocycles. The van der Waals surface area contributed by atoms with E-state index >= 15 is 0 Å². The molecule has 7 heteroatoms. The van der Waals surface area contributed by atoms with Crippen molar-refractivity contribution in [2.45, 2.75) is 11.4 Å². The van der Waals surface area contributed by atoms with Crippen LogP contribution in [0.25, 0.3) is 0 Å².